The second-order valence-corrected chi connectivity index (χ2v) is 4.83. The quantitative estimate of drug-likeness (QED) is 0.603. The molecule has 1 aromatic carbocycles. The molecule has 0 radical (unpaired) electrons. The highest BCUT2D eigenvalue weighted by atomic mass is 16.5. The molecule has 0 bridgehead atoms. The molecule has 1 aliphatic heterocycles. The van der Waals surface area contributed by atoms with Gasteiger partial charge in [0.2, 0.25) is 6.08 Å². The summed E-state index contributed by atoms with van der Waals surface area (Å²) < 4.78 is 11.3. The molecule has 4 nitrogen and oxygen atoms in total. The van der Waals surface area contributed by atoms with Gasteiger partial charge in [0, 0.05) is 12.0 Å². The largest absolute Gasteiger partial charge is 0.488 e. The first-order chi connectivity index (χ1) is 8.84. The summed E-state index contributed by atoms with van der Waals surface area (Å²) in [5, 5.41) is 0. The van der Waals surface area contributed by atoms with E-state index in [2.05, 4.69) is 4.99 Å². The lowest BCUT2D eigenvalue weighted by Gasteiger charge is -2.18. The second kappa shape index (κ2) is 4.56. The molecule has 1 aliphatic carbocycles. The van der Waals surface area contributed by atoms with Crippen molar-refractivity contribution in [2.45, 2.75) is 30.9 Å². The van der Waals surface area contributed by atoms with E-state index in [9.17, 15) is 4.79 Å². The molecule has 18 heavy (non-hydrogen) atoms. The number of para-hydroxylation sites is 1. The number of nitrogens with zero attached hydrogens (tertiary/aromatic N) is 1. The van der Waals surface area contributed by atoms with Crippen molar-refractivity contribution in [3.05, 3.63) is 29.8 Å². The number of hydrogen-bond acceptors (Lipinski definition) is 4. The normalized spacial score (nSPS) is 24.3. The Morgan fingerprint density at radius 3 is 2.89 bits per heavy atom. The van der Waals surface area contributed by atoms with Crippen LogP contribution in [0.25, 0.3) is 0 Å². The van der Waals surface area contributed by atoms with Gasteiger partial charge >= 0.3 is 0 Å². The summed E-state index contributed by atoms with van der Waals surface area (Å²) in [6.45, 7) is 1.39. The van der Waals surface area contributed by atoms with Gasteiger partial charge in [0.15, 0.2) is 0 Å². The summed E-state index contributed by atoms with van der Waals surface area (Å²) in [5.41, 5.74) is 0.623. The molecule has 1 saturated carbocycles. The summed E-state index contributed by atoms with van der Waals surface area (Å²) in [7, 11) is 0. The van der Waals surface area contributed by atoms with E-state index in [1.807, 2.05) is 24.3 Å². The van der Waals surface area contributed by atoms with Gasteiger partial charge in [0.05, 0.1) is 13.2 Å². The zero-order valence-electron chi connectivity index (χ0n) is 10.1. The minimum atomic E-state index is -0.377. The zero-order chi connectivity index (χ0) is 12.4. The number of rotatable bonds is 4. The van der Waals surface area contributed by atoms with E-state index in [1.165, 1.54) is 0 Å². The number of benzene rings is 1. The number of hydrogen-bond donors (Lipinski definition) is 0. The van der Waals surface area contributed by atoms with E-state index in [0.29, 0.717) is 6.61 Å². The van der Waals surface area contributed by atoms with Gasteiger partial charge in [-0.05, 0) is 18.9 Å². The van der Waals surface area contributed by atoms with E-state index in [0.717, 1.165) is 37.2 Å². The van der Waals surface area contributed by atoms with Crippen molar-refractivity contribution < 1.29 is 14.3 Å². The van der Waals surface area contributed by atoms with E-state index in [4.69, 9.17) is 9.47 Å². The molecule has 2 fully saturated rings. The highest BCUT2D eigenvalue weighted by Gasteiger charge is 2.46. The third-order valence-electron chi connectivity index (χ3n) is 3.55. The Hall–Kier alpha value is -1.64. The van der Waals surface area contributed by atoms with Crippen LogP contribution in [0.3, 0.4) is 0 Å². The first kappa shape index (κ1) is 11.5. The third-order valence-corrected chi connectivity index (χ3v) is 3.55. The van der Waals surface area contributed by atoms with Crippen molar-refractivity contribution >= 4 is 6.08 Å². The molecule has 4 heteroatoms. The fraction of sp³-hybridized carbons (Fsp3) is 0.500. The molecule has 0 spiro atoms. The van der Waals surface area contributed by atoms with Crippen molar-refractivity contribution in [2.75, 3.05) is 13.2 Å². The topological polar surface area (TPSA) is 47.9 Å². The standard InChI is InChI=1S/C14H15NO3/c16-10-15-14(6-7-14)12-3-1-2-4-13(12)18-11-5-8-17-9-11/h1-4,11H,5-9H2. The van der Waals surface area contributed by atoms with Crippen LogP contribution in [0, 0.1) is 0 Å². The van der Waals surface area contributed by atoms with Gasteiger partial charge in [0.1, 0.15) is 17.4 Å². The number of ether oxygens (including phenoxy) is 2. The van der Waals surface area contributed by atoms with Gasteiger partial charge in [-0.15, -0.1) is 0 Å². The molecule has 1 heterocycles. The van der Waals surface area contributed by atoms with E-state index in [1.54, 1.807) is 6.08 Å². The molecule has 1 saturated heterocycles. The van der Waals surface area contributed by atoms with Crippen molar-refractivity contribution in [2.24, 2.45) is 4.99 Å². The lowest BCUT2D eigenvalue weighted by molar-refractivity contribution is 0.140. The molecule has 3 rings (SSSR count). The van der Waals surface area contributed by atoms with Gasteiger partial charge in [-0.3, -0.25) is 0 Å². The Morgan fingerprint density at radius 2 is 2.22 bits per heavy atom. The molecule has 0 aromatic heterocycles. The summed E-state index contributed by atoms with van der Waals surface area (Å²) >= 11 is 0. The minimum Gasteiger partial charge on any atom is -0.488 e. The Balaban J connectivity index is 1.87. The lowest BCUT2D eigenvalue weighted by Crippen LogP contribution is -2.18. The van der Waals surface area contributed by atoms with Crippen LogP contribution in [-0.2, 0) is 15.1 Å². The second-order valence-electron chi connectivity index (χ2n) is 4.83. The maximum Gasteiger partial charge on any atom is 0.235 e. The fourth-order valence-corrected chi connectivity index (χ4v) is 2.39. The van der Waals surface area contributed by atoms with Crippen LogP contribution in [0.4, 0.5) is 0 Å². The number of aliphatic imine (C=N–C) groups is 1. The third kappa shape index (κ3) is 2.05. The van der Waals surface area contributed by atoms with Gasteiger partial charge in [-0.2, -0.15) is 4.99 Å². The molecule has 94 valence electrons. The lowest BCUT2D eigenvalue weighted by atomic mass is 10.0. The van der Waals surface area contributed by atoms with Crippen LogP contribution < -0.4 is 4.74 Å². The molecule has 0 amide bonds. The van der Waals surface area contributed by atoms with E-state index in [-0.39, 0.29) is 11.6 Å². The Bertz CT molecular complexity index is 484. The highest BCUT2D eigenvalue weighted by Crippen LogP contribution is 2.52. The number of isocyanates is 1. The minimum absolute atomic E-state index is 0.113. The van der Waals surface area contributed by atoms with Crippen LogP contribution >= 0.6 is 0 Å². The van der Waals surface area contributed by atoms with Crippen LogP contribution in [0.1, 0.15) is 24.8 Å². The average Bonchev–Trinajstić information content (AvgIpc) is 2.98. The molecule has 0 N–H and O–H groups in total. The summed E-state index contributed by atoms with van der Waals surface area (Å²) in [5.74, 6) is 0.824. The first-order valence-electron chi connectivity index (χ1n) is 6.27. The van der Waals surface area contributed by atoms with E-state index >= 15 is 0 Å². The van der Waals surface area contributed by atoms with Crippen molar-refractivity contribution in [1.29, 1.82) is 0 Å². The molecule has 1 atom stereocenters. The maximum absolute atomic E-state index is 10.5. The van der Waals surface area contributed by atoms with Gasteiger partial charge < -0.3 is 9.47 Å². The van der Waals surface area contributed by atoms with Crippen LogP contribution in [-0.4, -0.2) is 25.4 Å². The predicted molar refractivity (Wildman–Crippen MR) is 65.3 cm³/mol. The average molecular weight is 245 g/mol. The summed E-state index contributed by atoms with van der Waals surface area (Å²) in [4.78, 5) is 14.5. The zero-order valence-corrected chi connectivity index (χ0v) is 10.1. The van der Waals surface area contributed by atoms with Gasteiger partial charge in [0.25, 0.3) is 0 Å². The number of carbonyl (C=O) groups excluding carboxylic acids is 1. The van der Waals surface area contributed by atoms with Crippen molar-refractivity contribution in [3.63, 3.8) is 0 Å². The van der Waals surface area contributed by atoms with Gasteiger partial charge in [-0.25, -0.2) is 4.79 Å². The molecule has 1 aromatic rings. The smallest absolute Gasteiger partial charge is 0.235 e. The Kier molecular flexibility index (Phi) is 2.90. The molecule has 2 aliphatic rings. The van der Waals surface area contributed by atoms with E-state index < -0.39 is 0 Å². The molecular weight excluding hydrogens is 230 g/mol. The van der Waals surface area contributed by atoms with Crippen molar-refractivity contribution in [1.82, 2.24) is 0 Å². The predicted octanol–water partition coefficient (Wildman–Crippen LogP) is 2.18. The monoisotopic (exact) mass is 245 g/mol. The fourth-order valence-electron chi connectivity index (χ4n) is 2.39. The van der Waals surface area contributed by atoms with Gasteiger partial charge in [-0.1, -0.05) is 18.2 Å². The van der Waals surface area contributed by atoms with Crippen LogP contribution in [0.15, 0.2) is 29.3 Å². The Labute approximate surface area is 106 Å². The molecule has 1 unspecified atom stereocenters. The summed E-state index contributed by atoms with van der Waals surface area (Å²) in [6, 6.07) is 7.82. The molecular formula is C14H15NO3. The van der Waals surface area contributed by atoms with Crippen LogP contribution in [0.5, 0.6) is 5.75 Å². The summed E-state index contributed by atoms with van der Waals surface area (Å²) in [6.07, 6.45) is 4.50. The highest BCUT2D eigenvalue weighted by molar-refractivity contribution is 5.47. The maximum atomic E-state index is 10.5. The Morgan fingerprint density at radius 1 is 1.39 bits per heavy atom. The first-order valence-corrected chi connectivity index (χ1v) is 6.27. The van der Waals surface area contributed by atoms with Crippen molar-refractivity contribution in [3.8, 4) is 5.75 Å². The van der Waals surface area contributed by atoms with Crippen LogP contribution in [0.2, 0.25) is 0 Å². The SMILES string of the molecule is O=C=NC1(c2ccccc2OC2CCOC2)CC1.